The third-order valence-corrected chi connectivity index (χ3v) is 6.15. The second kappa shape index (κ2) is 8.11. The van der Waals surface area contributed by atoms with E-state index in [1.165, 1.54) is 6.33 Å². The zero-order chi connectivity index (χ0) is 18.6. The SMILES string of the molecule is CC(C)S(=O)(=O)NC[C@H]1COC[C@H]1Oc1ccc(-c2cncnc2)cc1. The predicted octanol–water partition coefficient (Wildman–Crippen LogP) is 1.87. The number of hydrogen-bond donors (Lipinski definition) is 1. The summed E-state index contributed by atoms with van der Waals surface area (Å²) in [6.07, 6.45) is 4.82. The molecular formula is C18H23N3O4S. The lowest BCUT2D eigenvalue weighted by molar-refractivity contribution is 0.137. The van der Waals surface area contributed by atoms with Crippen molar-refractivity contribution in [3.63, 3.8) is 0 Å². The lowest BCUT2D eigenvalue weighted by Gasteiger charge is -2.20. The summed E-state index contributed by atoms with van der Waals surface area (Å²) >= 11 is 0. The van der Waals surface area contributed by atoms with Crippen LogP contribution in [-0.2, 0) is 14.8 Å². The zero-order valence-corrected chi connectivity index (χ0v) is 15.6. The van der Waals surface area contributed by atoms with Gasteiger partial charge in [-0.05, 0) is 31.5 Å². The van der Waals surface area contributed by atoms with Crippen LogP contribution in [0.25, 0.3) is 11.1 Å². The molecule has 0 spiro atoms. The van der Waals surface area contributed by atoms with Gasteiger partial charge < -0.3 is 9.47 Å². The van der Waals surface area contributed by atoms with Crippen LogP contribution in [0.3, 0.4) is 0 Å². The molecule has 0 bridgehead atoms. The normalized spacial score (nSPS) is 20.4. The number of hydrogen-bond acceptors (Lipinski definition) is 6. The van der Waals surface area contributed by atoms with E-state index in [0.29, 0.717) is 19.8 Å². The minimum Gasteiger partial charge on any atom is -0.488 e. The molecule has 8 heteroatoms. The van der Waals surface area contributed by atoms with Crippen LogP contribution < -0.4 is 9.46 Å². The van der Waals surface area contributed by atoms with Crippen LogP contribution in [0.2, 0.25) is 0 Å². The van der Waals surface area contributed by atoms with Gasteiger partial charge >= 0.3 is 0 Å². The fourth-order valence-corrected chi connectivity index (χ4v) is 3.42. The molecule has 0 unspecified atom stereocenters. The van der Waals surface area contributed by atoms with E-state index < -0.39 is 15.3 Å². The van der Waals surface area contributed by atoms with Crippen molar-refractivity contribution in [2.45, 2.75) is 25.2 Å². The van der Waals surface area contributed by atoms with Gasteiger partial charge in [-0.2, -0.15) is 0 Å². The molecule has 7 nitrogen and oxygen atoms in total. The van der Waals surface area contributed by atoms with Gasteiger partial charge in [0.2, 0.25) is 10.0 Å². The Morgan fingerprint density at radius 2 is 1.85 bits per heavy atom. The average Bonchev–Trinajstić information content (AvgIpc) is 3.08. The fraction of sp³-hybridized carbons (Fsp3) is 0.444. The van der Waals surface area contributed by atoms with Gasteiger partial charge in [0.05, 0.1) is 18.5 Å². The Kier molecular flexibility index (Phi) is 5.85. The van der Waals surface area contributed by atoms with Crippen molar-refractivity contribution in [3.05, 3.63) is 43.0 Å². The number of aromatic nitrogens is 2. The minimum absolute atomic E-state index is 0.0225. The van der Waals surface area contributed by atoms with Crippen molar-refractivity contribution in [2.75, 3.05) is 19.8 Å². The Balaban J connectivity index is 1.61. The Morgan fingerprint density at radius 1 is 1.15 bits per heavy atom. The summed E-state index contributed by atoms with van der Waals surface area (Å²) in [5, 5.41) is -0.460. The number of benzene rings is 1. The maximum absolute atomic E-state index is 11.9. The maximum Gasteiger partial charge on any atom is 0.213 e. The van der Waals surface area contributed by atoms with E-state index in [-0.39, 0.29) is 12.0 Å². The highest BCUT2D eigenvalue weighted by atomic mass is 32.2. The highest BCUT2D eigenvalue weighted by Gasteiger charge is 2.31. The molecule has 1 aliphatic rings. The summed E-state index contributed by atoms with van der Waals surface area (Å²) in [5.41, 5.74) is 1.94. The van der Waals surface area contributed by atoms with Gasteiger partial charge in [-0.3, -0.25) is 0 Å². The molecule has 1 aliphatic heterocycles. The summed E-state index contributed by atoms with van der Waals surface area (Å²) in [6.45, 7) is 4.54. The summed E-state index contributed by atoms with van der Waals surface area (Å²) in [4.78, 5) is 8.03. The van der Waals surface area contributed by atoms with Crippen molar-refractivity contribution < 1.29 is 17.9 Å². The molecule has 3 rings (SSSR count). The molecule has 140 valence electrons. The molecular weight excluding hydrogens is 354 g/mol. The minimum atomic E-state index is -3.29. The maximum atomic E-state index is 11.9. The number of ether oxygens (including phenoxy) is 2. The largest absolute Gasteiger partial charge is 0.488 e. The van der Waals surface area contributed by atoms with E-state index >= 15 is 0 Å². The molecule has 0 amide bonds. The predicted molar refractivity (Wildman–Crippen MR) is 98.3 cm³/mol. The van der Waals surface area contributed by atoms with Gasteiger partial charge in [0.1, 0.15) is 18.2 Å². The Hall–Kier alpha value is -2.03. The summed E-state index contributed by atoms with van der Waals surface area (Å²) in [6, 6.07) is 7.66. The second-order valence-corrected chi connectivity index (χ2v) is 8.87. The fourth-order valence-electron chi connectivity index (χ4n) is 2.64. The molecule has 0 aliphatic carbocycles. The molecule has 26 heavy (non-hydrogen) atoms. The van der Waals surface area contributed by atoms with Crippen molar-refractivity contribution in [3.8, 4) is 16.9 Å². The van der Waals surface area contributed by atoms with Crippen LogP contribution in [0, 0.1) is 5.92 Å². The molecule has 0 saturated carbocycles. The smallest absolute Gasteiger partial charge is 0.213 e. The van der Waals surface area contributed by atoms with Crippen LogP contribution in [0.15, 0.2) is 43.0 Å². The van der Waals surface area contributed by atoms with Crippen LogP contribution in [0.1, 0.15) is 13.8 Å². The summed E-state index contributed by atoms with van der Waals surface area (Å²) in [7, 11) is -3.29. The average molecular weight is 377 g/mol. The Bertz CT molecular complexity index is 810. The van der Waals surface area contributed by atoms with Crippen molar-refractivity contribution in [1.29, 1.82) is 0 Å². The molecule has 2 heterocycles. The van der Waals surface area contributed by atoms with E-state index in [4.69, 9.17) is 9.47 Å². The van der Waals surface area contributed by atoms with Gasteiger partial charge in [-0.25, -0.2) is 23.1 Å². The van der Waals surface area contributed by atoms with Gasteiger partial charge in [0, 0.05) is 30.4 Å². The monoisotopic (exact) mass is 377 g/mol. The van der Waals surface area contributed by atoms with Gasteiger partial charge in [-0.15, -0.1) is 0 Å². The standard InChI is InChI=1S/C18H23N3O4S/c1-13(2)26(22,23)21-9-16-10-24-11-18(16)25-17-5-3-14(4-6-17)15-7-19-12-20-8-15/h3-8,12-13,16,18,21H,9-11H2,1-2H3/t16-,18+/m0/s1. The van der Waals surface area contributed by atoms with E-state index in [9.17, 15) is 8.42 Å². The van der Waals surface area contributed by atoms with Crippen LogP contribution >= 0.6 is 0 Å². The first-order chi connectivity index (χ1) is 12.5. The zero-order valence-electron chi connectivity index (χ0n) is 14.8. The topological polar surface area (TPSA) is 90.4 Å². The van der Waals surface area contributed by atoms with E-state index in [2.05, 4.69) is 14.7 Å². The quantitative estimate of drug-likeness (QED) is 0.792. The van der Waals surface area contributed by atoms with Gasteiger partial charge in [0.15, 0.2) is 0 Å². The molecule has 1 N–H and O–H groups in total. The lowest BCUT2D eigenvalue weighted by Crippen LogP contribution is -2.39. The third-order valence-electron chi connectivity index (χ3n) is 4.34. The third kappa shape index (κ3) is 4.57. The molecule has 1 fully saturated rings. The summed E-state index contributed by atoms with van der Waals surface area (Å²) in [5.74, 6) is 0.698. The van der Waals surface area contributed by atoms with Crippen molar-refractivity contribution in [1.82, 2.24) is 14.7 Å². The van der Waals surface area contributed by atoms with Crippen LogP contribution in [-0.4, -0.2) is 49.5 Å². The summed E-state index contributed by atoms with van der Waals surface area (Å²) < 4.78 is 38.0. The highest BCUT2D eigenvalue weighted by molar-refractivity contribution is 7.90. The van der Waals surface area contributed by atoms with Crippen molar-refractivity contribution >= 4 is 10.0 Å². The Morgan fingerprint density at radius 3 is 2.50 bits per heavy atom. The molecule has 0 radical (unpaired) electrons. The molecule has 2 aromatic rings. The highest BCUT2D eigenvalue weighted by Crippen LogP contribution is 2.24. The number of nitrogens with one attached hydrogen (secondary N) is 1. The molecule has 1 aromatic carbocycles. The van der Waals surface area contributed by atoms with E-state index in [0.717, 1.165) is 16.9 Å². The van der Waals surface area contributed by atoms with Crippen LogP contribution in [0.5, 0.6) is 5.75 Å². The van der Waals surface area contributed by atoms with Gasteiger partial charge in [-0.1, -0.05) is 12.1 Å². The first kappa shape index (κ1) is 18.8. The number of rotatable bonds is 7. The van der Waals surface area contributed by atoms with E-state index in [1.807, 2.05) is 24.3 Å². The molecule has 1 saturated heterocycles. The first-order valence-corrected chi connectivity index (χ1v) is 10.1. The van der Waals surface area contributed by atoms with Gasteiger partial charge in [0.25, 0.3) is 0 Å². The number of nitrogens with zero attached hydrogens (tertiary/aromatic N) is 2. The first-order valence-electron chi connectivity index (χ1n) is 8.54. The Labute approximate surface area is 153 Å². The molecule has 2 atom stereocenters. The second-order valence-electron chi connectivity index (χ2n) is 6.55. The lowest BCUT2D eigenvalue weighted by atomic mass is 10.1. The van der Waals surface area contributed by atoms with Crippen LogP contribution in [0.4, 0.5) is 0 Å². The van der Waals surface area contributed by atoms with E-state index in [1.54, 1.807) is 26.2 Å². The molecule has 1 aromatic heterocycles. The van der Waals surface area contributed by atoms with Crippen molar-refractivity contribution in [2.24, 2.45) is 5.92 Å². The number of sulfonamides is 1.